The number of hydrogen-bond acceptors (Lipinski definition) is 3. The number of hydrogen-bond donors (Lipinski definition) is 0. The quantitative estimate of drug-likeness (QED) is 0.159. The third-order valence-electron chi connectivity index (χ3n) is 5.07. The van der Waals surface area contributed by atoms with E-state index in [-0.39, 0.29) is 5.92 Å². The number of aryl methyl sites for hydroxylation is 1. The number of aromatic nitrogens is 1. The molecule has 0 radical (unpaired) electrons. The summed E-state index contributed by atoms with van der Waals surface area (Å²) in [6, 6.07) is 11.6. The van der Waals surface area contributed by atoms with Crippen LogP contribution >= 0.6 is 11.6 Å². The Morgan fingerprint density at radius 3 is 2.21 bits per heavy atom. The van der Waals surface area contributed by atoms with Crippen LogP contribution in [0.5, 0.6) is 5.75 Å². The van der Waals surface area contributed by atoms with Crippen LogP contribution in [-0.2, 0) is 11.2 Å². The summed E-state index contributed by atoms with van der Waals surface area (Å²) < 4.78 is 5.34. The minimum absolute atomic E-state index is 0.0345. The van der Waals surface area contributed by atoms with Gasteiger partial charge in [0.15, 0.2) is 0 Å². The van der Waals surface area contributed by atoms with Crippen molar-refractivity contribution in [2.45, 2.75) is 77.5 Å². The summed E-state index contributed by atoms with van der Waals surface area (Å²) in [6.45, 7) is 6.04. The molecule has 0 fully saturated rings. The molecule has 29 heavy (non-hydrogen) atoms. The fourth-order valence-electron chi connectivity index (χ4n) is 3.17. The fraction of sp³-hybridized carbons (Fsp3) is 0.520. The first-order valence-corrected chi connectivity index (χ1v) is 11.4. The van der Waals surface area contributed by atoms with Crippen LogP contribution in [0.4, 0.5) is 0 Å². The number of pyridine rings is 1. The molecule has 4 heteroatoms. The molecule has 0 aliphatic rings. The number of ether oxygens (including phenoxy) is 1. The molecule has 0 aliphatic carbocycles. The second kappa shape index (κ2) is 12.6. The fourth-order valence-corrected chi connectivity index (χ4v) is 3.21. The van der Waals surface area contributed by atoms with Gasteiger partial charge in [0.05, 0.1) is 5.69 Å². The summed E-state index contributed by atoms with van der Waals surface area (Å²) in [6.07, 6.45) is 12.3. The van der Waals surface area contributed by atoms with Gasteiger partial charge in [-0.3, -0.25) is 9.78 Å². The van der Waals surface area contributed by atoms with E-state index in [1.807, 2.05) is 32.2 Å². The Labute approximate surface area is 180 Å². The summed E-state index contributed by atoms with van der Waals surface area (Å²) in [7, 11) is 0. The van der Waals surface area contributed by atoms with Crippen molar-refractivity contribution in [2.75, 3.05) is 0 Å². The lowest BCUT2D eigenvalue weighted by Crippen LogP contribution is -2.25. The van der Waals surface area contributed by atoms with Gasteiger partial charge in [-0.2, -0.15) is 0 Å². The number of alkyl halides is 1. The van der Waals surface area contributed by atoms with Crippen molar-refractivity contribution < 1.29 is 9.53 Å². The second-order valence-electron chi connectivity index (χ2n) is 8.01. The van der Waals surface area contributed by atoms with Gasteiger partial charge in [-0.1, -0.05) is 65.4 Å². The highest BCUT2D eigenvalue weighted by Gasteiger charge is 2.21. The number of unbranched alkanes of at least 4 members (excludes halogenated alkanes) is 6. The van der Waals surface area contributed by atoms with Crippen molar-refractivity contribution in [3.05, 3.63) is 48.2 Å². The molecule has 158 valence electrons. The van der Waals surface area contributed by atoms with Crippen LogP contribution in [0.1, 0.15) is 71.3 Å². The van der Waals surface area contributed by atoms with Gasteiger partial charge in [-0.25, -0.2) is 0 Å². The molecule has 2 aromatic rings. The molecular formula is C25H34ClNO2. The van der Waals surface area contributed by atoms with Crippen molar-refractivity contribution in [3.63, 3.8) is 0 Å². The molecule has 3 nitrogen and oxygen atoms in total. The molecule has 1 aromatic carbocycles. The molecule has 0 amide bonds. The summed E-state index contributed by atoms with van der Waals surface area (Å²) in [5.74, 6) is 0.120. The second-order valence-corrected chi connectivity index (χ2v) is 8.48. The molecule has 1 unspecified atom stereocenters. The molecule has 0 saturated heterocycles. The van der Waals surface area contributed by atoms with Gasteiger partial charge in [0.25, 0.3) is 0 Å². The molecule has 0 spiro atoms. The molecule has 2 rings (SSSR count). The lowest BCUT2D eigenvalue weighted by atomic mass is 10.0. The zero-order chi connectivity index (χ0) is 21.1. The highest BCUT2D eigenvalue weighted by Crippen LogP contribution is 2.22. The summed E-state index contributed by atoms with van der Waals surface area (Å²) in [5.41, 5.74) is 3.21. The van der Waals surface area contributed by atoms with E-state index in [0.717, 1.165) is 17.7 Å². The van der Waals surface area contributed by atoms with Gasteiger partial charge in [0.1, 0.15) is 11.1 Å². The van der Waals surface area contributed by atoms with Crippen molar-refractivity contribution in [3.8, 4) is 17.0 Å². The van der Waals surface area contributed by atoms with E-state index in [1.54, 1.807) is 12.1 Å². The van der Waals surface area contributed by atoms with Crippen LogP contribution in [-0.4, -0.2) is 16.3 Å². The van der Waals surface area contributed by atoms with Crippen LogP contribution in [0, 0.1) is 5.92 Å². The number of carbonyl (C=O) groups is 1. The highest BCUT2D eigenvalue weighted by molar-refractivity contribution is 6.30. The van der Waals surface area contributed by atoms with E-state index in [9.17, 15) is 4.79 Å². The van der Waals surface area contributed by atoms with E-state index < -0.39 is 11.3 Å². The number of carbonyl (C=O) groups excluding carboxylic acids is 1. The average molecular weight is 416 g/mol. The molecule has 0 bridgehead atoms. The van der Waals surface area contributed by atoms with Gasteiger partial charge in [0, 0.05) is 11.8 Å². The lowest BCUT2D eigenvalue weighted by molar-refractivity contribution is -0.134. The van der Waals surface area contributed by atoms with E-state index in [2.05, 4.69) is 24.0 Å². The number of halogens is 1. The minimum atomic E-state index is -0.639. The van der Waals surface area contributed by atoms with Crippen LogP contribution in [0.2, 0.25) is 0 Å². The lowest BCUT2D eigenvalue weighted by Gasteiger charge is -2.12. The highest BCUT2D eigenvalue weighted by atomic mass is 35.5. The first-order chi connectivity index (χ1) is 14.0. The molecular weight excluding hydrogens is 382 g/mol. The Morgan fingerprint density at radius 1 is 0.966 bits per heavy atom. The summed E-state index contributed by atoms with van der Waals surface area (Å²) in [5, 5.41) is -0.639. The van der Waals surface area contributed by atoms with Crippen LogP contribution < -0.4 is 4.74 Å². The first-order valence-electron chi connectivity index (χ1n) is 10.9. The monoisotopic (exact) mass is 415 g/mol. The zero-order valence-electron chi connectivity index (χ0n) is 18.0. The zero-order valence-corrected chi connectivity index (χ0v) is 18.8. The standard InChI is InChI=1S/C25H34ClNO2/c1-4-5-6-7-8-9-10-11-20-12-17-23(27-18-20)21-13-15-22(16-14-21)29-25(28)24(26)19(2)3/h12-19,24H,4-11H2,1-3H3. The van der Waals surface area contributed by atoms with Gasteiger partial charge in [-0.15, -0.1) is 11.6 Å². The van der Waals surface area contributed by atoms with Gasteiger partial charge in [0.2, 0.25) is 0 Å². The predicted octanol–water partition coefficient (Wildman–Crippen LogP) is 7.21. The van der Waals surface area contributed by atoms with Crippen molar-refractivity contribution >= 4 is 17.6 Å². The Balaban J connectivity index is 1.81. The average Bonchev–Trinajstić information content (AvgIpc) is 2.73. The Hall–Kier alpha value is -1.87. The van der Waals surface area contributed by atoms with E-state index >= 15 is 0 Å². The number of benzene rings is 1. The SMILES string of the molecule is CCCCCCCCCc1ccc(-c2ccc(OC(=O)C(Cl)C(C)C)cc2)nc1. The van der Waals surface area contributed by atoms with Crippen molar-refractivity contribution in [1.29, 1.82) is 0 Å². The van der Waals surface area contributed by atoms with E-state index in [0.29, 0.717) is 5.75 Å². The van der Waals surface area contributed by atoms with E-state index in [1.165, 1.54) is 50.5 Å². The van der Waals surface area contributed by atoms with Crippen LogP contribution in [0.3, 0.4) is 0 Å². The van der Waals surface area contributed by atoms with Crippen molar-refractivity contribution in [1.82, 2.24) is 4.98 Å². The van der Waals surface area contributed by atoms with Gasteiger partial charge < -0.3 is 4.74 Å². The maximum absolute atomic E-state index is 12.0. The normalized spacial score (nSPS) is 12.2. The van der Waals surface area contributed by atoms with Gasteiger partial charge >= 0.3 is 5.97 Å². The van der Waals surface area contributed by atoms with Crippen molar-refractivity contribution in [2.24, 2.45) is 5.92 Å². The number of esters is 1. The van der Waals surface area contributed by atoms with Crippen LogP contribution in [0.25, 0.3) is 11.3 Å². The molecule has 1 atom stereocenters. The minimum Gasteiger partial charge on any atom is -0.425 e. The third-order valence-corrected chi connectivity index (χ3v) is 5.75. The summed E-state index contributed by atoms with van der Waals surface area (Å²) in [4.78, 5) is 16.6. The molecule has 0 N–H and O–H groups in total. The largest absolute Gasteiger partial charge is 0.425 e. The predicted molar refractivity (Wildman–Crippen MR) is 121 cm³/mol. The molecule has 0 aliphatic heterocycles. The Morgan fingerprint density at radius 2 is 1.62 bits per heavy atom. The summed E-state index contributed by atoms with van der Waals surface area (Å²) >= 11 is 6.05. The molecule has 1 aromatic heterocycles. The Bertz CT molecular complexity index is 725. The molecule has 1 heterocycles. The van der Waals surface area contributed by atoms with Gasteiger partial charge in [-0.05, 0) is 54.7 Å². The maximum atomic E-state index is 12.0. The van der Waals surface area contributed by atoms with Crippen LogP contribution in [0.15, 0.2) is 42.6 Å². The maximum Gasteiger partial charge on any atom is 0.329 e. The topological polar surface area (TPSA) is 39.2 Å². The molecule has 0 saturated carbocycles. The Kier molecular flexibility index (Phi) is 10.2. The number of rotatable bonds is 12. The first kappa shape index (κ1) is 23.4. The van der Waals surface area contributed by atoms with E-state index in [4.69, 9.17) is 16.3 Å². The number of nitrogens with zero attached hydrogens (tertiary/aromatic N) is 1. The smallest absolute Gasteiger partial charge is 0.329 e. The third kappa shape index (κ3) is 8.18.